The minimum Gasteiger partial charge on any atom is -0.344 e. The van der Waals surface area contributed by atoms with E-state index in [1.165, 1.54) is 6.07 Å². The van der Waals surface area contributed by atoms with Crippen molar-refractivity contribution in [1.29, 1.82) is 0 Å². The van der Waals surface area contributed by atoms with Crippen molar-refractivity contribution in [3.05, 3.63) is 39.3 Å². The molecule has 0 aliphatic carbocycles. The molecule has 0 aliphatic heterocycles. The van der Waals surface area contributed by atoms with E-state index in [1.807, 2.05) is 13.0 Å². The van der Waals surface area contributed by atoms with Gasteiger partial charge >= 0.3 is 0 Å². The fraction of sp³-hybridized carbons (Fsp3) is 0.111. The van der Waals surface area contributed by atoms with Gasteiger partial charge in [-0.3, -0.25) is 9.78 Å². The molecule has 0 saturated heterocycles. The number of halogens is 1. The summed E-state index contributed by atoms with van der Waals surface area (Å²) >= 11 is 5.71. The van der Waals surface area contributed by atoms with Crippen molar-refractivity contribution in [2.45, 2.75) is 6.92 Å². The number of aromatic nitrogens is 2. The summed E-state index contributed by atoms with van der Waals surface area (Å²) in [5, 5.41) is 0.341. The summed E-state index contributed by atoms with van der Waals surface area (Å²) in [7, 11) is 0. The van der Waals surface area contributed by atoms with Crippen LogP contribution in [0.5, 0.6) is 0 Å². The van der Waals surface area contributed by atoms with Gasteiger partial charge in [0.2, 0.25) is 5.43 Å². The SMILES string of the molecule is Cc1ccnc2c(=O)cc(Cl)[nH]c12. The lowest BCUT2D eigenvalue weighted by molar-refractivity contribution is 1.28. The second-order valence-corrected chi connectivity index (χ2v) is 3.24. The van der Waals surface area contributed by atoms with Crippen molar-refractivity contribution in [3.63, 3.8) is 0 Å². The number of aromatic amines is 1. The first-order valence-electron chi connectivity index (χ1n) is 3.82. The Balaban J connectivity index is 3.03. The lowest BCUT2D eigenvalue weighted by Gasteiger charge is -2.00. The van der Waals surface area contributed by atoms with E-state index in [2.05, 4.69) is 9.97 Å². The van der Waals surface area contributed by atoms with Crippen molar-refractivity contribution < 1.29 is 0 Å². The van der Waals surface area contributed by atoms with Crippen LogP contribution >= 0.6 is 11.6 Å². The summed E-state index contributed by atoms with van der Waals surface area (Å²) < 4.78 is 0. The molecule has 0 atom stereocenters. The van der Waals surface area contributed by atoms with Gasteiger partial charge in [0.05, 0.1) is 5.52 Å². The normalized spacial score (nSPS) is 10.6. The van der Waals surface area contributed by atoms with Crippen molar-refractivity contribution in [2.75, 3.05) is 0 Å². The number of H-pyrrole nitrogens is 1. The molecule has 2 rings (SSSR count). The summed E-state index contributed by atoms with van der Waals surface area (Å²) in [5.74, 6) is 0. The topological polar surface area (TPSA) is 45.8 Å². The second kappa shape index (κ2) is 2.85. The van der Waals surface area contributed by atoms with Gasteiger partial charge in [-0.15, -0.1) is 0 Å². The number of aryl methyl sites for hydroxylation is 1. The minimum absolute atomic E-state index is 0.151. The smallest absolute Gasteiger partial charge is 0.209 e. The molecule has 0 saturated carbocycles. The highest BCUT2D eigenvalue weighted by molar-refractivity contribution is 6.29. The molecule has 0 fully saturated rings. The Hall–Kier alpha value is -1.35. The standard InChI is InChI=1S/C9H7ClN2O/c1-5-2-3-11-9-6(13)4-7(10)12-8(5)9/h2-4H,1H3,(H,12,13). The van der Waals surface area contributed by atoms with E-state index >= 15 is 0 Å². The van der Waals surface area contributed by atoms with Gasteiger partial charge in [0, 0.05) is 12.3 Å². The summed E-state index contributed by atoms with van der Waals surface area (Å²) in [6.45, 7) is 1.90. The van der Waals surface area contributed by atoms with Crippen LogP contribution in [-0.4, -0.2) is 9.97 Å². The molecule has 0 amide bonds. The van der Waals surface area contributed by atoms with Gasteiger partial charge < -0.3 is 4.98 Å². The maximum absolute atomic E-state index is 11.4. The number of rotatable bonds is 0. The van der Waals surface area contributed by atoms with Gasteiger partial charge in [-0.2, -0.15) is 0 Å². The summed E-state index contributed by atoms with van der Waals surface area (Å²) in [6.07, 6.45) is 1.61. The number of nitrogens with zero attached hydrogens (tertiary/aromatic N) is 1. The molecule has 1 N–H and O–H groups in total. The number of pyridine rings is 2. The van der Waals surface area contributed by atoms with Gasteiger partial charge in [0.1, 0.15) is 10.7 Å². The van der Waals surface area contributed by atoms with Crippen LogP contribution in [0.25, 0.3) is 11.0 Å². The molecular formula is C9H7ClN2O. The first kappa shape index (κ1) is 8.26. The van der Waals surface area contributed by atoms with Gasteiger partial charge in [-0.05, 0) is 18.6 Å². The van der Waals surface area contributed by atoms with E-state index in [0.29, 0.717) is 16.2 Å². The van der Waals surface area contributed by atoms with Crippen LogP contribution in [0.2, 0.25) is 5.15 Å². The molecule has 2 heterocycles. The molecule has 4 heteroatoms. The Bertz CT molecular complexity index is 518. The van der Waals surface area contributed by atoms with E-state index in [9.17, 15) is 4.79 Å². The zero-order valence-electron chi connectivity index (χ0n) is 6.97. The van der Waals surface area contributed by atoms with Crippen LogP contribution in [0.1, 0.15) is 5.56 Å². The van der Waals surface area contributed by atoms with Crippen LogP contribution in [0.4, 0.5) is 0 Å². The highest BCUT2D eigenvalue weighted by Crippen LogP contribution is 2.12. The molecule has 0 aliphatic rings. The summed E-state index contributed by atoms with van der Waals surface area (Å²) in [6, 6.07) is 3.16. The van der Waals surface area contributed by atoms with Crippen molar-refractivity contribution in [2.24, 2.45) is 0 Å². The molecule has 66 valence electrons. The average molecular weight is 195 g/mol. The lowest BCUT2D eigenvalue weighted by Crippen LogP contribution is -2.04. The van der Waals surface area contributed by atoms with Crippen molar-refractivity contribution in [1.82, 2.24) is 9.97 Å². The number of nitrogens with one attached hydrogen (secondary N) is 1. The Morgan fingerprint density at radius 1 is 1.54 bits per heavy atom. The molecule has 0 bridgehead atoms. The molecule has 2 aromatic rings. The molecule has 0 aromatic carbocycles. The number of hydrogen-bond donors (Lipinski definition) is 1. The zero-order chi connectivity index (χ0) is 9.42. The maximum atomic E-state index is 11.4. The Morgan fingerprint density at radius 2 is 2.31 bits per heavy atom. The van der Waals surface area contributed by atoms with Gasteiger partial charge in [-0.25, -0.2) is 0 Å². The Labute approximate surface area is 79.4 Å². The second-order valence-electron chi connectivity index (χ2n) is 2.83. The van der Waals surface area contributed by atoms with Crippen LogP contribution in [0.15, 0.2) is 23.1 Å². The number of hydrogen-bond acceptors (Lipinski definition) is 2. The molecule has 2 aromatic heterocycles. The van der Waals surface area contributed by atoms with Crippen LogP contribution < -0.4 is 5.43 Å². The van der Waals surface area contributed by atoms with Crippen LogP contribution in [0, 0.1) is 6.92 Å². The predicted octanol–water partition coefficient (Wildman–Crippen LogP) is 1.88. The van der Waals surface area contributed by atoms with E-state index in [1.54, 1.807) is 6.20 Å². The monoisotopic (exact) mass is 194 g/mol. The van der Waals surface area contributed by atoms with Crippen molar-refractivity contribution in [3.8, 4) is 0 Å². The number of fused-ring (bicyclic) bond motifs is 1. The first-order valence-corrected chi connectivity index (χ1v) is 4.20. The molecule has 0 radical (unpaired) electrons. The molecule has 0 spiro atoms. The summed E-state index contributed by atoms with van der Waals surface area (Å²) in [4.78, 5) is 18.3. The fourth-order valence-corrected chi connectivity index (χ4v) is 1.44. The quantitative estimate of drug-likeness (QED) is 0.651. The van der Waals surface area contributed by atoms with Crippen LogP contribution in [0.3, 0.4) is 0 Å². The Kier molecular flexibility index (Phi) is 1.81. The molecule has 0 unspecified atom stereocenters. The highest BCUT2D eigenvalue weighted by atomic mass is 35.5. The molecular weight excluding hydrogens is 188 g/mol. The third-order valence-electron chi connectivity index (χ3n) is 1.89. The molecule has 13 heavy (non-hydrogen) atoms. The van der Waals surface area contributed by atoms with E-state index in [4.69, 9.17) is 11.6 Å². The van der Waals surface area contributed by atoms with Crippen LogP contribution in [-0.2, 0) is 0 Å². The zero-order valence-corrected chi connectivity index (χ0v) is 7.72. The maximum Gasteiger partial charge on any atom is 0.209 e. The minimum atomic E-state index is -0.151. The van der Waals surface area contributed by atoms with Gasteiger partial charge in [0.25, 0.3) is 0 Å². The highest BCUT2D eigenvalue weighted by Gasteiger charge is 2.03. The summed E-state index contributed by atoms with van der Waals surface area (Å²) in [5.41, 5.74) is 1.96. The predicted molar refractivity (Wildman–Crippen MR) is 52.1 cm³/mol. The van der Waals surface area contributed by atoms with Gasteiger partial charge in [-0.1, -0.05) is 11.6 Å². The third-order valence-corrected chi connectivity index (χ3v) is 2.10. The van der Waals surface area contributed by atoms with E-state index in [-0.39, 0.29) is 5.43 Å². The van der Waals surface area contributed by atoms with E-state index in [0.717, 1.165) is 5.56 Å². The average Bonchev–Trinajstić information content (AvgIpc) is 2.07. The largest absolute Gasteiger partial charge is 0.344 e. The lowest BCUT2D eigenvalue weighted by atomic mass is 10.2. The fourth-order valence-electron chi connectivity index (χ4n) is 1.24. The van der Waals surface area contributed by atoms with Gasteiger partial charge in [0.15, 0.2) is 0 Å². The molecule has 3 nitrogen and oxygen atoms in total. The van der Waals surface area contributed by atoms with Crippen molar-refractivity contribution >= 4 is 22.6 Å². The van der Waals surface area contributed by atoms with E-state index < -0.39 is 0 Å². The third kappa shape index (κ3) is 1.31. The first-order chi connectivity index (χ1) is 6.18. The Morgan fingerprint density at radius 3 is 3.08 bits per heavy atom.